The predicted octanol–water partition coefficient (Wildman–Crippen LogP) is 4.62. The summed E-state index contributed by atoms with van der Waals surface area (Å²) in [5, 5.41) is 11.7. The molecule has 2 aromatic carbocycles. The van der Waals surface area contributed by atoms with Gasteiger partial charge in [0.25, 0.3) is 5.69 Å². The molecule has 6 nitrogen and oxygen atoms in total. The first-order valence-electron chi connectivity index (χ1n) is 9.28. The summed E-state index contributed by atoms with van der Waals surface area (Å²) in [6.07, 6.45) is 2.53. The molecule has 0 bridgehead atoms. The van der Waals surface area contributed by atoms with Gasteiger partial charge >= 0.3 is 0 Å². The van der Waals surface area contributed by atoms with Crippen LogP contribution in [0.3, 0.4) is 0 Å². The third-order valence-corrected chi connectivity index (χ3v) is 4.94. The molecule has 1 saturated heterocycles. The molecule has 0 spiro atoms. The lowest BCUT2D eigenvalue weighted by Gasteiger charge is -2.19. The molecule has 3 aromatic rings. The molecule has 0 amide bonds. The fourth-order valence-electron chi connectivity index (χ4n) is 3.49. The highest BCUT2D eigenvalue weighted by Gasteiger charge is 2.29. The molecule has 28 heavy (non-hydrogen) atoms. The van der Waals surface area contributed by atoms with Crippen LogP contribution in [-0.4, -0.2) is 29.1 Å². The van der Waals surface area contributed by atoms with Crippen molar-refractivity contribution in [2.45, 2.75) is 19.4 Å². The molecule has 4 rings (SSSR count). The molecule has 1 aliphatic heterocycles. The number of aromatic nitrogens is 1. The third-order valence-electron chi connectivity index (χ3n) is 4.94. The molecular weight excluding hydrogens is 354 g/mol. The number of ether oxygens (including phenoxy) is 1. The van der Waals surface area contributed by atoms with Crippen molar-refractivity contribution in [2.75, 3.05) is 18.0 Å². The first-order valence-corrected chi connectivity index (χ1v) is 9.28. The summed E-state index contributed by atoms with van der Waals surface area (Å²) in [6, 6.07) is 18.9. The summed E-state index contributed by atoms with van der Waals surface area (Å²) in [5.41, 5.74) is 3.63. The van der Waals surface area contributed by atoms with Gasteiger partial charge in [-0.3, -0.25) is 10.1 Å². The van der Waals surface area contributed by atoms with Crippen molar-refractivity contribution in [1.82, 2.24) is 4.98 Å². The SMILES string of the molecule is Cc1ccc(O[C@@H]2CCN(c3ccc(-c4ccccc4)cc3[N+](=O)[O-])C2)nc1. The number of anilines is 1. The minimum absolute atomic E-state index is 0.0383. The smallest absolute Gasteiger partial charge is 0.293 e. The van der Waals surface area contributed by atoms with Crippen LogP contribution in [0.25, 0.3) is 11.1 Å². The zero-order valence-corrected chi connectivity index (χ0v) is 15.6. The fraction of sp³-hybridized carbons (Fsp3) is 0.227. The highest BCUT2D eigenvalue weighted by molar-refractivity contribution is 5.74. The molecule has 2 heterocycles. The van der Waals surface area contributed by atoms with Gasteiger partial charge in [0.1, 0.15) is 11.8 Å². The maximum atomic E-state index is 11.7. The first-order chi connectivity index (χ1) is 13.6. The second-order valence-corrected chi connectivity index (χ2v) is 6.97. The topological polar surface area (TPSA) is 68.5 Å². The second kappa shape index (κ2) is 7.68. The van der Waals surface area contributed by atoms with Crippen molar-refractivity contribution in [1.29, 1.82) is 0 Å². The summed E-state index contributed by atoms with van der Waals surface area (Å²) >= 11 is 0. The molecule has 1 fully saturated rings. The van der Waals surface area contributed by atoms with Gasteiger partial charge in [0.2, 0.25) is 5.88 Å². The van der Waals surface area contributed by atoms with Crippen LogP contribution in [0.4, 0.5) is 11.4 Å². The number of hydrogen-bond acceptors (Lipinski definition) is 5. The predicted molar refractivity (Wildman–Crippen MR) is 109 cm³/mol. The maximum Gasteiger partial charge on any atom is 0.293 e. The van der Waals surface area contributed by atoms with Gasteiger partial charge < -0.3 is 9.64 Å². The maximum absolute atomic E-state index is 11.7. The summed E-state index contributed by atoms with van der Waals surface area (Å²) in [7, 11) is 0. The molecule has 0 saturated carbocycles. The number of aryl methyl sites for hydroxylation is 1. The van der Waals surface area contributed by atoms with Crippen molar-refractivity contribution >= 4 is 11.4 Å². The van der Waals surface area contributed by atoms with E-state index in [1.165, 1.54) is 0 Å². The minimum Gasteiger partial charge on any atom is -0.472 e. The van der Waals surface area contributed by atoms with Gasteiger partial charge in [0.15, 0.2) is 0 Å². The molecule has 0 unspecified atom stereocenters. The quantitative estimate of drug-likeness (QED) is 0.481. The van der Waals surface area contributed by atoms with Crippen LogP contribution >= 0.6 is 0 Å². The van der Waals surface area contributed by atoms with E-state index in [0.717, 1.165) is 23.1 Å². The van der Waals surface area contributed by atoms with Gasteiger partial charge in [-0.05, 0) is 29.7 Å². The van der Waals surface area contributed by atoms with E-state index in [1.54, 1.807) is 12.3 Å². The molecule has 142 valence electrons. The largest absolute Gasteiger partial charge is 0.472 e. The Hall–Kier alpha value is -3.41. The Kier molecular flexibility index (Phi) is 4.93. The van der Waals surface area contributed by atoms with Gasteiger partial charge in [-0.25, -0.2) is 4.98 Å². The lowest BCUT2D eigenvalue weighted by Crippen LogP contribution is -2.25. The van der Waals surface area contributed by atoms with E-state index < -0.39 is 0 Å². The monoisotopic (exact) mass is 375 g/mol. The Morgan fingerprint density at radius 3 is 2.64 bits per heavy atom. The zero-order chi connectivity index (χ0) is 19.5. The van der Waals surface area contributed by atoms with E-state index in [9.17, 15) is 10.1 Å². The molecule has 1 atom stereocenters. The van der Waals surface area contributed by atoms with E-state index in [0.29, 0.717) is 24.7 Å². The second-order valence-electron chi connectivity index (χ2n) is 6.97. The van der Waals surface area contributed by atoms with Crippen LogP contribution < -0.4 is 9.64 Å². The van der Waals surface area contributed by atoms with Gasteiger partial charge in [-0.1, -0.05) is 42.5 Å². The average Bonchev–Trinajstić information content (AvgIpc) is 3.18. The van der Waals surface area contributed by atoms with Crippen molar-refractivity contribution < 1.29 is 9.66 Å². The van der Waals surface area contributed by atoms with Gasteiger partial charge in [0, 0.05) is 31.3 Å². The highest BCUT2D eigenvalue weighted by atomic mass is 16.6. The van der Waals surface area contributed by atoms with Gasteiger partial charge in [0.05, 0.1) is 11.5 Å². The van der Waals surface area contributed by atoms with Crippen molar-refractivity contribution in [3.8, 4) is 17.0 Å². The van der Waals surface area contributed by atoms with Crippen LogP contribution in [0.2, 0.25) is 0 Å². The minimum atomic E-state index is -0.308. The van der Waals surface area contributed by atoms with E-state index >= 15 is 0 Å². The fourth-order valence-corrected chi connectivity index (χ4v) is 3.49. The van der Waals surface area contributed by atoms with E-state index in [4.69, 9.17) is 4.74 Å². The number of hydrogen-bond donors (Lipinski definition) is 0. The molecule has 0 N–H and O–H groups in total. The van der Waals surface area contributed by atoms with E-state index in [1.807, 2.05) is 66.4 Å². The number of nitro groups is 1. The molecule has 1 aliphatic rings. The molecule has 0 aliphatic carbocycles. The lowest BCUT2D eigenvalue weighted by molar-refractivity contribution is -0.384. The molecular formula is C22H21N3O3. The van der Waals surface area contributed by atoms with Crippen molar-refractivity contribution in [2.24, 2.45) is 0 Å². The molecule has 1 aromatic heterocycles. The van der Waals surface area contributed by atoms with E-state index in [-0.39, 0.29) is 16.7 Å². The van der Waals surface area contributed by atoms with Crippen LogP contribution in [0.15, 0.2) is 66.9 Å². The summed E-state index contributed by atoms with van der Waals surface area (Å²) < 4.78 is 5.95. The van der Waals surface area contributed by atoms with E-state index in [2.05, 4.69) is 4.98 Å². The first kappa shape index (κ1) is 18.0. The number of rotatable bonds is 5. The van der Waals surface area contributed by atoms with Crippen LogP contribution in [0.5, 0.6) is 5.88 Å². The number of benzene rings is 2. The summed E-state index contributed by atoms with van der Waals surface area (Å²) in [5.74, 6) is 0.589. The number of pyridine rings is 1. The normalized spacial score (nSPS) is 16.2. The van der Waals surface area contributed by atoms with Gasteiger partial charge in [-0.15, -0.1) is 0 Å². The average molecular weight is 375 g/mol. The Morgan fingerprint density at radius 1 is 1.11 bits per heavy atom. The summed E-state index contributed by atoms with van der Waals surface area (Å²) in [6.45, 7) is 3.29. The molecule has 6 heteroatoms. The standard InChI is InChI=1S/C22H21N3O3/c1-16-7-10-22(23-14-16)28-19-11-12-24(15-19)20-9-8-18(13-21(20)25(26)27)17-5-3-2-4-6-17/h2-10,13-14,19H,11-12,15H2,1H3/t19-/m1/s1. The highest BCUT2D eigenvalue weighted by Crippen LogP contribution is 2.35. The van der Waals surface area contributed by atoms with Gasteiger partial charge in [-0.2, -0.15) is 0 Å². The number of nitrogens with zero attached hydrogens (tertiary/aromatic N) is 3. The van der Waals surface area contributed by atoms with Crippen LogP contribution in [0.1, 0.15) is 12.0 Å². The Morgan fingerprint density at radius 2 is 1.93 bits per heavy atom. The third kappa shape index (κ3) is 3.81. The Labute approximate surface area is 163 Å². The van der Waals surface area contributed by atoms with Crippen LogP contribution in [0, 0.1) is 17.0 Å². The Balaban J connectivity index is 1.54. The molecule has 0 radical (unpaired) electrons. The lowest BCUT2D eigenvalue weighted by atomic mass is 10.0. The summed E-state index contributed by atoms with van der Waals surface area (Å²) in [4.78, 5) is 17.7. The van der Waals surface area contributed by atoms with Crippen molar-refractivity contribution in [3.63, 3.8) is 0 Å². The van der Waals surface area contributed by atoms with Crippen molar-refractivity contribution in [3.05, 3.63) is 82.5 Å². The van der Waals surface area contributed by atoms with Crippen LogP contribution in [-0.2, 0) is 0 Å². The zero-order valence-electron chi connectivity index (χ0n) is 15.6. The number of nitro benzene ring substituents is 1. The Bertz CT molecular complexity index is 974.